The van der Waals surface area contributed by atoms with Gasteiger partial charge in [-0.1, -0.05) is 0 Å². The smallest absolute Gasteiger partial charge is 0.418 e. The number of hydrogen-bond acceptors (Lipinski definition) is 3. The van der Waals surface area contributed by atoms with Crippen LogP contribution in [0.1, 0.15) is 31.4 Å². The maximum absolute atomic E-state index is 13.1. The summed E-state index contributed by atoms with van der Waals surface area (Å²) in [4.78, 5) is 3.93. The molecule has 1 saturated carbocycles. The lowest BCUT2D eigenvalue weighted by Gasteiger charge is -2.41. The second-order valence-electron chi connectivity index (χ2n) is 5.57. The van der Waals surface area contributed by atoms with E-state index in [1.165, 1.54) is 17.0 Å². The predicted molar refractivity (Wildman–Crippen MR) is 65.3 cm³/mol. The van der Waals surface area contributed by atoms with E-state index in [0.717, 1.165) is 0 Å². The van der Waals surface area contributed by atoms with Crippen molar-refractivity contribution in [1.29, 1.82) is 0 Å². The van der Waals surface area contributed by atoms with Gasteiger partial charge in [0.05, 0.1) is 28.5 Å². The SMILES string of the molecule is C[C@]1(O)C[C@@H](n2cnc3cc(O)cc(C(F)(F)F)c32)C1. The van der Waals surface area contributed by atoms with Crippen molar-refractivity contribution in [3.05, 3.63) is 24.0 Å². The molecular formula is C13H13F3N2O2. The second-order valence-corrected chi connectivity index (χ2v) is 5.57. The number of fused-ring (bicyclic) bond motifs is 1. The lowest BCUT2D eigenvalue weighted by atomic mass is 9.77. The van der Waals surface area contributed by atoms with Crippen LogP contribution in [0.4, 0.5) is 13.2 Å². The third-order valence-corrected chi connectivity index (χ3v) is 3.70. The first-order chi connectivity index (χ1) is 9.17. The topological polar surface area (TPSA) is 58.3 Å². The molecule has 0 atom stereocenters. The number of alkyl halides is 3. The Morgan fingerprint density at radius 2 is 2.00 bits per heavy atom. The van der Waals surface area contributed by atoms with Gasteiger partial charge < -0.3 is 14.8 Å². The van der Waals surface area contributed by atoms with Crippen LogP contribution in [0.25, 0.3) is 11.0 Å². The number of nitrogens with zero attached hydrogens (tertiary/aromatic N) is 2. The first-order valence-corrected chi connectivity index (χ1v) is 6.16. The normalized spacial score (nSPS) is 26.8. The molecule has 0 amide bonds. The van der Waals surface area contributed by atoms with Crippen LogP contribution in [0.3, 0.4) is 0 Å². The van der Waals surface area contributed by atoms with Gasteiger partial charge in [0.2, 0.25) is 0 Å². The van der Waals surface area contributed by atoms with Crippen molar-refractivity contribution in [2.75, 3.05) is 0 Å². The fraction of sp³-hybridized carbons (Fsp3) is 0.462. The van der Waals surface area contributed by atoms with Gasteiger partial charge in [0.1, 0.15) is 5.75 Å². The standard InChI is InChI=1S/C13H13F3N2O2/c1-12(20)4-7(5-12)18-6-17-10-3-8(19)2-9(11(10)18)13(14,15)16/h2-3,6-7,19-20H,4-5H2,1H3/t7-,12+. The molecule has 7 heteroatoms. The second kappa shape index (κ2) is 3.88. The first-order valence-electron chi connectivity index (χ1n) is 6.16. The van der Waals surface area contributed by atoms with Gasteiger partial charge in [-0.05, 0) is 25.8 Å². The number of benzene rings is 1. The van der Waals surface area contributed by atoms with E-state index in [0.29, 0.717) is 18.9 Å². The maximum atomic E-state index is 13.1. The number of phenols is 1. The zero-order valence-electron chi connectivity index (χ0n) is 10.6. The van der Waals surface area contributed by atoms with E-state index in [2.05, 4.69) is 4.98 Å². The van der Waals surface area contributed by atoms with E-state index < -0.39 is 23.1 Å². The summed E-state index contributed by atoms with van der Waals surface area (Å²) in [6.45, 7) is 1.65. The summed E-state index contributed by atoms with van der Waals surface area (Å²) in [6, 6.07) is 1.70. The predicted octanol–water partition coefficient (Wildman–Crippen LogP) is 2.85. The van der Waals surface area contributed by atoms with Crippen LogP contribution in [-0.2, 0) is 6.18 Å². The van der Waals surface area contributed by atoms with Crippen LogP contribution in [0.2, 0.25) is 0 Å². The van der Waals surface area contributed by atoms with Gasteiger partial charge in [0.15, 0.2) is 0 Å². The zero-order valence-corrected chi connectivity index (χ0v) is 10.6. The van der Waals surface area contributed by atoms with Crippen molar-refractivity contribution in [1.82, 2.24) is 9.55 Å². The lowest BCUT2D eigenvalue weighted by Crippen LogP contribution is -2.41. The summed E-state index contributed by atoms with van der Waals surface area (Å²) < 4.78 is 40.7. The molecule has 1 aliphatic carbocycles. The van der Waals surface area contributed by atoms with Gasteiger partial charge in [0, 0.05) is 12.1 Å². The van der Waals surface area contributed by atoms with Crippen molar-refractivity contribution >= 4 is 11.0 Å². The third-order valence-electron chi connectivity index (χ3n) is 3.70. The Bertz CT molecular complexity index is 668. The molecule has 0 saturated heterocycles. The molecule has 0 aliphatic heterocycles. The summed E-state index contributed by atoms with van der Waals surface area (Å²) in [5.74, 6) is -0.462. The van der Waals surface area contributed by atoms with E-state index in [9.17, 15) is 23.4 Å². The highest BCUT2D eigenvalue weighted by molar-refractivity contribution is 5.81. The van der Waals surface area contributed by atoms with Gasteiger partial charge in [0.25, 0.3) is 0 Å². The molecule has 1 fully saturated rings. The summed E-state index contributed by atoms with van der Waals surface area (Å²) in [7, 11) is 0. The molecule has 108 valence electrons. The van der Waals surface area contributed by atoms with Gasteiger partial charge in [-0.2, -0.15) is 13.2 Å². The average molecular weight is 286 g/mol. The van der Waals surface area contributed by atoms with Crippen molar-refractivity contribution in [3.8, 4) is 5.75 Å². The van der Waals surface area contributed by atoms with Crippen LogP contribution in [-0.4, -0.2) is 25.4 Å². The molecule has 1 aliphatic rings. The number of halogens is 3. The average Bonchev–Trinajstić information content (AvgIpc) is 2.66. The molecular weight excluding hydrogens is 273 g/mol. The molecule has 1 heterocycles. The molecule has 0 radical (unpaired) electrons. The molecule has 3 rings (SSSR count). The Labute approximate surface area is 112 Å². The van der Waals surface area contributed by atoms with Crippen LogP contribution in [0.15, 0.2) is 18.5 Å². The lowest BCUT2D eigenvalue weighted by molar-refractivity contribution is -0.136. The highest BCUT2D eigenvalue weighted by atomic mass is 19.4. The Morgan fingerprint density at radius 1 is 1.35 bits per heavy atom. The molecule has 4 nitrogen and oxygen atoms in total. The van der Waals surface area contributed by atoms with Gasteiger partial charge in [-0.15, -0.1) is 0 Å². The summed E-state index contributed by atoms with van der Waals surface area (Å²) in [5, 5.41) is 19.1. The summed E-state index contributed by atoms with van der Waals surface area (Å²) >= 11 is 0. The molecule has 0 bridgehead atoms. The molecule has 2 aromatic rings. The fourth-order valence-electron chi connectivity index (χ4n) is 2.80. The van der Waals surface area contributed by atoms with Crippen LogP contribution < -0.4 is 0 Å². The number of aliphatic hydroxyl groups is 1. The third kappa shape index (κ3) is 2.02. The van der Waals surface area contributed by atoms with Crippen molar-refractivity contribution in [2.24, 2.45) is 0 Å². The minimum absolute atomic E-state index is 0.0456. The number of aromatic nitrogens is 2. The molecule has 0 unspecified atom stereocenters. The zero-order chi connectivity index (χ0) is 14.7. The van der Waals surface area contributed by atoms with Crippen LogP contribution in [0, 0.1) is 0 Å². The van der Waals surface area contributed by atoms with Crippen molar-refractivity contribution in [3.63, 3.8) is 0 Å². The van der Waals surface area contributed by atoms with Crippen molar-refractivity contribution in [2.45, 2.75) is 37.6 Å². The quantitative estimate of drug-likeness (QED) is 0.847. The fourth-order valence-corrected chi connectivity index (χ4v) is 2.80. The molecule has 1 aromatic carbocycles. The number of phenolic OH excluding ortho intramolecular Hbond substituents is 1. The van der Waals surface area contributed by atoms with Gasteiger partial charge in [-0.3, -0.25) is 0 Å². The number of rotatable bonds is 1. The minimum Gasteiger partial charge on any atom is -0.508 e. The van der Waals surface area contributed by atoms with Crippen LogP contribution >= 0.6 is 0 Å². The minimum atomic E-state index is -4.57. The Hall–Kier alpha value is -1.76. The monoisotopic (exact) mass is 286 g/mol. The highest BCUT2D eigenvalue weighted by Crippen LogP contribution is 2.44. The first kappa shape index (κ1) is 13.2. The Kier molecular flexibility index (Phi) is 2.57. The van der Waals surface area contributed by atoms with Gasteiger partial charge in [-0.25, -0.2) is 4.98 Å². The molecule has 2 N–H and O–H groups in total. The van der Waals surface area contributed by atoms with E-state index in [1.54, 1.807) is 6.92 Å². The largest absolute Gasteiger partial charge is 0.508 e. The van der Waals surface area contributed by atoms with E-state index in [4.69, 9.17) is 0 Å². The Morgan fingerprint density at radius 3 is 2.55 bits per heavy atom. The van der Waals surface area contributed by atoms with Gasteiger partial charge >= 0.3 is 6.18 Å². The molecule has 20 heavy (non-hydrogen) atoms. The highest BCUT2D eigenvalue weighted by Gasteiger charge is 2.42. The summed E-state index contributed by atoms with van der Waals surface area (Å²) in [5.41, 5.74) is -1.69. The number of imidazole rings is 1. The van der Waals surface area contributed by atoms with Crippen molar-refractivity contribution < 1.29 is 23.4 Å². The number of aromatic hydroxyl groups is 1. The van der Waals surface area contributed by atoms with E-state index in [1.807, 2.05) is 0 Å². The number of hydrogen-bond donors (Lipinski definition) is 2. The van der Waals surface area contributed by atoms with Crippen LogP contribution in [0.5, 0.6) is 5.75 Å². The Balaban J connectivity index is 2.16. The molecule has 1 aromatic heterocycles. The van der Waals surface area contributed by atoms with E-state index >= 15 is 0 Å². The molecule has 0 spiro atoms. The summed E-state index contributed by atoms with van der Waals surface area (Å²) in [6.07, 6.45) is -2.46. The maximum Gasteiger partial charge on any atom is 0.418 e. The van der Waals surface area contributed by atoms with E-state index in [-0.39, 0.29) is 17.1 Å².